The van der Waals surface area contributed by atoms with Crippen LogP contribution in [0.2, 0.25) is 0 Å². The quantitative estimate of drug-likeness (QED) is 0.798. The molecule has 2 fully saturated rings. The summed E-state index contributed by atoms with van der Waals surface area (Å²) < 4.78 is 6.78. The van der Waals surface area contributed by atoms with Crippen molar-refractivity contribution in [2.75, 3.05) is 31.6 Å². The molecule has 1 saturated heterocycles. The molecule has 0 spiro atoms. The predicted octanol–water partition coefficient (Wildman–Crippen LogP) is 1.94. The minimum Gasteiger partial charge on any atom is -0.378 e. The van der Waals surface area contributed by atoms with Crippen LogP contribution in [0.3, 0.4) is 0 Å². The molecule has 0 radical (unpaired) electrons. The monoisotopic (exact) mass is 383 g/mol. The standard InChI is InChI=1S/C20H25N5O3/c26-19(24-7-9-28-10-8-24)14-25-13-18(12-22-25)23-20(27)21-11-15-1-3-16(4-2-15)17-5-6-17/h1-4,12-13,17H,5-11,14H2,(H2,21,23,27). The average Bonchev–Trinajstić information content (AvgIpc) is 3.49. The molecule has 0 atom stereocenters. The van der Waals surface area contributed by atoms with Gasteiger partial charge in [-0.05, 0) is 29.9 Å². The molecule has 4 rings (SSSR count). The molecule has 28 heavy (non-hydrogen) atoms. The van der Waals surface area contributed by atoms with Crippen molar-refractivity contribution < 1.29 is 14.3 Å². The van der Waals surface area contributed by atoms with Crippen molar-refractivity contribution in [1.29, 1.82) is 0 Å². The molecule has 1 aromatic carbocycles. The largest absolute Gasteiger partial charge is 0.378 e. The molecule has 0 bridgehead atoms. The number of nitrogens with one attached hydrogen (secondary N) is 2. The summed E-state index contributed by atoms with van der Waals surface area (Å²) in [4.78, 5) is 26.1. The van der Waals surface area contributed by atoms with Gasteiger partial charge in [-0.2, -0.15) is 5.10 Å². The Kier molecular flexibility index (Phi) is 5.57. The molecular weight excluding hydrogens is 358 g/mol. The summed E-state index contributed by atoms with van der Waals surface area (Å²) in [5.41, 5.74) is 3.00. The number of urea groups is 1. The van der Waals surface area contributed by atoms with Crippen LogP contribution < -0.4 is 10.6 Å². The van der Waals surface area contributed by atoms with E-state index < -0.39 is 0 Å². The van der Waals surface area contributed by atoms with E-state index >= 15 is 0 Å². The molecule has 8 heteroatoms. The van der Waals surface area contributed by atoms with E-state index in [-0.39, 0.29) is 18.5 Å². The molecule has 148 valence electrons. The van der Waals surface area contributed by atoms with Crippen LogP contribution in [0.5, 0.6) is 0 Å². The van der Waals surface area contributed by atoms with E-state index in [1.807, 2.05) is 0 Å². The molecule has 8 nitrogen and oxygen atoms in total. The van der Waals surface area contributed by atoms with Crippen molar-refractivity contribution in [3.63, 3.8) is 0 Å². The maximum Gasteiger partial charge on any atom is 0.319 e. The highest BCUT2D eigenvalue weighted by Crippen LogP contribution is 2.39. The molecule has 3 amide bonds. The number of aromatic nitrogens is 2. The van der Waals surface area contributed by atoms with Gasteiger partial charge in [0, 0.05) is 25.8 Å². The molecule has 2 N–H and O–H groups in total. The number of amides is 3. The maximum absolute atomic E-state index is 12.2. The number of morpholine rings is 1. The molecule has 1 saturated carbocycles. The van der Waals surface area contributed by atoms with Gasteiger partial charge in [0.15, 0.2) is 0 Å². The van der Waals surface area contributed by atoms with Gasteiger partial charge >= 0.3 is 6.03 Å². The summed E-state index contributed by atoms with van der Waals surface area (Å²) in [6.07, 6.45) is 5.76. The van der Waals surface area contributed by atoms with Gasteiger partial charge in [-0.15, -0.1) is 0 Å². The van der Waals surface area contributed by atoms with Gasteiger partial charge in [-0.3, -0.25) is 9.48 Å². The lowest BCUT2D eigenvalue weighted by molar-refractivity contribution is -0.136. The molecule has 1 aliphatic carbocycles. The highest BCUT2D eigenvalue weighted by molar-refractivity contribution is 5.88. The van der Waals surface area contributed by atoms with Crippen LogP contribution in [0.1, 0.15) is 29.9 Å². The highest BCUT2D eigenvalue weighted by atomic mass is 16.5. The van der Waals surface area contributed by atoms with E-state index in [1.165, 1.54) is 29.3 Å². The molecule has 2 heterocycles. The normalized spacial score (nSPS) is 16.6. The summed E-state index contributed by atoms with van der Waals surface area (Å²) >= 11 is 0. The van der Waals surface area contributed by atoms with Crippen molar-refractivity contribution in [2.24, 2.45) is 0 Å². The second-order valence-corrected chi connectivity index (χ2v) is 7.24. The number of nitrogens with zero attached hydrogens (tertiary/aromatic N) is 3. The topological polar surface area (TPSA) is 88.5 Å². The smallest absolute Gasteiger partial charge is 0.319 e. The van der Waals surface area contributed by atoms with E-state index in [0.29, 0.717) is 38.5 Å². The number of hydrogen-bond acceptors (Lipinski definition) is 4. The van der Waals surface area contributed by atoms with Gasteiger partial charge in [0.05, 0.1) is 25.1 Å². The van der Waals surface area contributed by atoms with Crippen LogP contribution in [-0.2, 0) is 22.6 Å². The first-order valence-electron chi connectivity index (χ1n) is 9.69. The van der Waals surface area contributed by atoms with E-state index in [0.717, 1.165) is 11.5 Å². The van der Waals surface area contributed by atoms with Crippen molar-refractivity contribution in [2.45, 2.75) is 31.8 Å². The van der Waals surface area contributed by atoms with Gasteiger partial charge in [0.1, 0.15) is 6.54 Å². The lowest BCUT2D eigenvalue weighted by Crippen LogP contribution is -2.42. The van der Waals surface area contributed by atoms with Gasteiger partial charge in [-0.1, -0.05) is 24.3 Å². The van der Waals surface area contributed by atoms with E-state index in [9.17, 15) is 9.59 Å². The zero-order chi connectivity index (χ0) is 19.3. The summed E-state index contributed by atoms with van der Waals surface area (Å²) in [5.74, 6) is 0.731. The van der Waals surface area contributed by atoms with Crippen LogP contribution in [0.4, 0.5) is 10.5 Å². The fraction of sp³-hybridized carbons (Fsp3) is 0.450. The van der Waals surface area contributed by atoms with E-state index in [1.54, 1.807) is 11.1 Å². The van der Waals surface area contributed by atoms with E-state index in [4.69, 9.17) is 4.74 Å². The third kappa shape index (κ3) is 4.89. The van der Waals surface area contributed by atoms with Crippen LogP contribution in [-0.4, -0.2) is 52.9 Å². The van der Waals surface area contributed by atoms with Crippen molar-refractivity contribution in [1.82, 2.24) is 20.0 Å². The molecule has 0 unspecified atom stereocenters. The Balaban J connectivity index is 1.22. The van der Waals surface area contributed by atoms with Gasteiger partial charge in [-0.25, -0.2) is 4.79 Å². The third-order valence-corrected chi connectivity index (χ3v) is 5.03. The fourth-order valence-corrected chi connectivity index (χ4v) is 3.25. The second kappa shape index (κ2) is 8.43. The van der Waals surface area contributed by atoms with Crippen molar-refractivity contribution in [3.05, 3.63) is 47.8 Å². The lowest BCUT2D eigenvalue weighted by Gasteiger charge is -2.26. The van der Waals surface area contributed by atoms with Gasteiger partial charge in [0.25, 0.3) is 0 Å². The Morgan fingerprint density at radius 3 is 2.61 bits per heavy atom. The number of benzene rings is 1. The van der Waals surface area contributed by atoms with Gasteiger partial charge in [0.2, 0.25) is 5.91 Å². The first-order valence-corrected chi connectivity index (χ1v) is 9.69. The van der Waals surface area contributed by atoms with E-state index in [2.05, 4.69) is 40.0 Å². The summed E-state index contributed by atoms with van der Waals surface area (Å²) in [6, 6.07) is 8.10. The van der Waals surface area contributed by atoms with Crippen LogP contribution >= 0.6 is 0 Å². The Hall–Kier alpha value is -2.87. The first-order chi connectivity index (χ1) is 13.7. The number of carbonyl (C=O) groups excluding carboxylic acids is 2. The predicted molar refractivity (Wildman–Crippen MR) is 104 cm³/mol. The Morgan fingerprint density at radius 1 is 1.14 bits per heavy atom. The third-order valence-electron chi connectivity index (χ3n) is 5.03. The first kappa shape index (κ1) is 18.5. The molecule has 1 aliphatic heterocycles. The Labute approximate surface area is 163 Å². The number of anilines is 1. The summed E-state index contributed by atoms with van der Waals surface area (Å²) in [6.45, 7) is 2.96. The highest BCUT2D eigenvalue weighted by Gasteiger charge is 2.23. The Morgan fingerprint density at radius 2 is 1.89 bits per heavy atom. The number of rotatable bonds is 6. The zero-order valence-electron chi connectivity index (χ0n) is 15.8. The maximum atomic E-state index is 12.2. The second-order valence-electron chi connectivity index (χ2n) is 7.24. The minimum atomic E-state index is -0.301. The zero-order valence-corrected chi connectivity index (χ0v) is 15.8. The van der Waals surface area contributed by atoms with Gasteiger partial charge < -0.3 is 20.3 Å². The summed E-state index contributed by atoms with van der Waals surface area (Å²) in [7, 11) is 0. The lowest BCUT2D eigenvalue weighted by atomic mass is 10.1. The van der Waals surface area contributed by atoms with Crippen molar-refractivity contribution >= 4 is 17.6 Å². The Bertz CT molecular complexity index is 823. The van der Waals surface area contributed by atoms with Crippen LogP contribution in [0.15, 0.2) is 36.7 Å². The van der Waals surface area contributed by atoms with Crippen molar-refractivity contribution in [3.8, 4) is 0 Å². The average molecular weight is 383 g/mol. The van der Waals surface area contributed by atoms with Crippen LogP contribution in [0.25, 0.3) is 0 Å². The SMILES string of the molecule is O=C(NCc1ccc(C2CC2)cc1)Nc1cnn(CC(=O)N2CCOCC2)c1. The molecule has 2 aromatic rings. The summed E-state index contributed by atoms with van der Waals surface area (Å²) in [5, 5.41) is 9.73. The molecule has 2 aliphatic rings. The minimum absolute atomic E-state index is 0.00274. The number of hydrogen-bond donors (Lipinski definition) is 2. The van der Waals surface area contributed by atoms with Crippen LogP contribution in [0, 0.1) is 0 Å². The molecular formula is C20H25N5O3. The number of ether oxygens (including phenoxy) is 1. The fourth-order valence-electron chi connectivity index (χ4n) is 3.25. The number of carbonyl (C=O) groups is 2. The molecule has 1 aromatic heterocycles.